The molecule has 1 saturated heterocycles. The minimum absolute atomic E-state index is 0.0182. The topological polar surface area (TPSA) is 88.2 Å². The lowest BCUT2D eigenvalue weighted by Gasteiger charge is -2.22. The molecule has 1 amide bonds. The highest BCUT2D eigenvalue weighted by atomic mass is 19.4. The van der Waals surface area contributed by atoms with Crippen LogP contribution in [0.4, 0.5) is 24.7 Å². The van der Waals surface area contributed by atoms with E-state index in [4.69, 9.17) is 4.74 Å². The van der Waals surface area contributed by atoms with Gasteiger partial charge in [0.25, 0.3) is 5.91 Å². The van der Waals surface area contributed by atoms with Gasteiger partial charge in [0, 0.05) is 42.9 Å². The number of rotatable bonds is 8. The van der Waals surface area contributed by atoms with E-state index in [9.17, 15) is 18.0 Å². The van der Waals surface area contributed by atoms with E-state index in [0.29, 0.717) is 12.4 Å². The molecular weight excluding hydrogens is 459 g/mol. The van der Waals surface area contributed by atoms with Crippen molar-refractivity contribution in [3.8, 4) is 5.75 Å². The number of alkyl halides is 3. The fraction of sp³-hybridized carbons (Fsp3) is 0.320. The number of hydrogen-bond acceptors (Lipinski definition) is 6. The van der Waals surface area contributed by atoms with E-state index < -0.39 is 17.6 Å². The van der Waals surface area contributed by atoms with Crippen LogP contribution in [-0.4, -0.2) is 34.6 Å². The summed E-state index contributed by atoms with van der Waals surface area (Å²) in [5.41, 5.74) is 0.210. The third-order valence-corrected chi connectivity index (χ3v) is 5.74. The summed E-state index contributed by atoms with van der Waals surface area (Å²) in [7, 11) is 0. The van der Waals surface area contributed by atoms with Gasteiger partial charge in [0.1, 0.15) is 17.7 Å². The molecule has 1 aliphatic heterocycles. The summed E-state index contributed by atoms with van der Waals surface area (Å²) in [6, 6.07) is 10.1. The van der Waals surface area contributed by atoms with E-state index in [1.807, 2.05) is 19.1 Å². The number of halogens is 3. The predicted molar refractivity (Wildman–Crippen MR) is 126 cm³/mol. The Bertz CT molecular complexity index is 1150. The lowest BCUT2D eigenvalue weighted by molar-refractivity contribution is -0.137. The molecule has 10 heteroatoms. The Balaban J connectivity index is 1.53. The molecule has 0 spiro atoms. The van der Waals surface area contributed by atoms with Crippen molar-refractivity contribution in [2.45, 2.75) is 44.6 Å². The summed E-state index contributed by atoms with van der Waals surface area (Å²) in [5, 5.41) is 8.94. The van der Waals surface area contributed by atoms with Crippen molar-refractivity contribution in [3.05, 3.63) is 77.7 Å². The molecule has 7 nitrogen and oxygen atoms in total. The maximum absolute atomic E-state index is 13.6. The monoisotopic (exact) mass is 485 g/mol. The van der Waals surface area contributed by atoms with Gasteiger partial charge in [-0.2, -0.15) is 13.2 Å². The molecule has 2 aromatic heterocycles. The van der Waals surface area contributed by atoms with Gasteiger partial charge in [-0.1, -0.05) is 0 Å². The predicted octanol–water partition coefficient (Wildman–Crippen LogP) is 4.88. The standard InChI is InChI=1S/C25H26F3N5O2/c1-16(22-5-3-8-30-22)35-20-13-18(25(26,27)28)12-19(14-20)33-24(34)21-4-2-9-31-23(21)32-15-17-6-10-29-11-7-17/h2,4,6-7,9-14,16,22,30H,3,5,8,15H2,1H3,(H,31,32)(H,33,34)/t16-,22?/m1/s1. The maximum atomic E-state index is 13.6. The summed E-state index contributed by atoms with van der Waals surface area (Å²) in [6.45, 7) is 3.07. The normalized spacial score (nSPS) is 16.5. The minimum Gasteiger partial charge on any atom is -0.489 e. The molecule has 1 aromatic carbocycles. The van der Waals surface area contributed by atoms with E-state index in [0.717, 1.165) is 37.1 Å². The Morgan fingerprint density at radius 2 is 2.00 bits per heavy atom. The quantitative estimate of drug-likeness (QED) is 0.422. The zero-order chi connectivity index (χ0) is 24.8. The van der Waals surface area contributed by atoms with E-state index in [1.165, 1.54) is 12.3 Å². The van der Waals surface area contributed by atoms with Crippen LogP contribution >= 0.6 is 0 Å². The van der Waals surface area contributed by atoms with E-state index in [-0.39, 0.29) is 29.1 Å². The third kappa shape index (κ3) is 6.48. The van der Waals surface area contributed by atoms with Gasteiger partial charge in [-0.3, -0.25) is 9.78 Å². The van der Waals surface area contributed by atoms with Gasteiger partial charge in [0.05, 0.1) is 11.1 Å². The van der Waals surface area contributed by atoms with E-state index >= 15 is 0 Å². The zero-order valence-electron chi connectivity index (χ0n) is 19.1. The molecule has 1 aliphatic rings. The van der Waals surface area contributed by atoms with Gasteiger partial charge in [0.15, 0.2) is 0 Å². The van der Waals surface area contributed by atoms with Crippen LogP contribution in [0.15, 0.2) is 61.1 Å². The van der Waals surface area contributed by atoms with Gasteiger partial charge < -0.3 is 20.7 Å². The smallest absolute Gasteiger partial charge is 0.416 e. The summed E-state index contributed by atoms with van der Waals surface area (Å²) in [5.74, 6) is -0.240. The Morgan fingerprint density at radius 3 is 2.71 bits per heavy atom. The molecule has 1 unspecified atom stereocenters. The number of anilines is 2. The summed E-state index contributed by atoms with van der Waals surface area (Å²) in [6.07, 6.45) is 1.79. The molecule has 0 saturated carbocycles. The number of benzene rings is 1. The summed E-state index contributed by atoms with van der Waals surface area (Å²) < 4.78 is 46.5. The van der Waals surface area contributed by atoms with Gasteiger partial charge >= 0.3 is 6.18 Å². The average Bonchev–Trinajstić information content (AvgIpc) is 3.38. The van der Waals surface area contributed by atoms with Crippen LogP contribution in [0.25, 0.3) is 0 Å². The molecule has 0 bridgehead atoms. The molecule has 0 radical (unpaired) electrons. The van der Waals surface area contributed by atoms with Crippen molar-refractivity contribution < 1.29 is 22.7 Å². The fourth-order valence-corrected chi connectivity index (χ4v) is 3.93. The first-order chi connectivity index (χ1) is 16.8. The average molecular weight is 486 g/mol. The highest BCUT2D eigenvalue weighted by Crippen LogP contribution is 2.35. The first-order valence-corrected chi connectivity index (χ1v) is 11.3. The molecule has 4 rings (SSSR count). The van der Waals surface area contributed by atoms with Crippen molar-refractivity contribution in [1.29, 1.82) is 0 Å². The van der Waals surface area contributed by atoms with E-state index in [2.05, 4.69) is 25.9 Å². The first-order valence-electron chi connectivity index (χ1n) is 11.3. The first kappa shape index (κ1) is 24.5. The van der Waals surface area contributed by atoms with Crippen molar-refractivity contribution in [2.24, 2.45) is 0 Å². The molecule has 3 aromatic rings. The number of carbonyl (C=O) groups is 1. The van der Waals surface area contributed by atoms with Crippen LogP contribution in [0.3, 0.4) is 0 Å². The Kier molecular flexibility index (Phi) is 7.50. The molecule has 184 valence electrons. The maximum Gasteiger partial charge on any atom is 0.416 e. The van der Waals surface area contributed by atoms with Crippen LogP contribution in [0.1, 0.15) is 41.3 Å². The molecule has 1 fully saturated rings. The largest absolute Gasteiger partial charge is 0.489 e. The fourth-order valence-electron chi connectivity index (χ4n) is 3.93. The summed E-state index contributed by atoms with van der Waals surface area (Å²) >= 11 is 0. The number of pyridine rings is 2. The van der Waals surface area contributed by atoms with Crippen LogP contribution in [-0.2, 0) is 12.7 Å². The molecule has 3 N–H and O–H groups in total. The molecular formula is C25H26F3N5O2. The number of amides is 1. The Labute approximate surface area is 201 Å². The lowest BCUT2D eigenvalue weighted by atomic mass is 10.1. The number of hydrogen-bond donors (Lipinski definition) is 3. The number of aromatic nitrogens is 2. The number of ether oxygens (including phenoxy) is 1. The molecule has 2 atom stereocenters. The van der Waals surface area contributed by atoms with Crippen molar-refractivity contribution in [3.63, 3.8) is 0 Å². The third-order valence-electron chi connectivity index (χ3n) is 5.74. The van der Waals surface area contributed by atoms with Crippen LogP contribution in [0.5, 0.6) is 5.75 Å². The zero-order valence-corrected chi connectivity index (χ0v) is 19.1. The highest BCUT2D eigenvalue weighted by Gasteiger charge is 2.32. The van der Waals surface area contributed by atoms with Gasteiger partial charge in [0.2, 0.25) is 0 Å². The van der Waals surface area contributed by atoms with Crippen LogP contribution in [0.2, 0.25) is 0 Å². The van der Waals surface area contributed by atoms with Gasteiger partial charge in [-0.25, -0.2) is 4.98 Å². The Hall–Kier alpha value is -3.66. The summed E-state index contributed by atoms with van der Waals surface area (Å²) in [4.78, 5) is 21.2. The molecule has 3 heterocycles. The van der Waals surface area contributed by atoms with E-state index in [1.54, 1.807) is 24.5 Å². The van der Waals surface area contributed by atoms with Crippen molar-refractivity contribution in [1.82, 2.24) is 15.3 Å². The number of nitrogens with one attached hydrogen (secondary N) is 3. The minimum atomic E-state index is -4.60. The highest BCUT2D eigenvalue weighted by molar-refractivity contribution is 6.07. The van der Waals surface area contributed by atoms with Gasteiger partial charge in [-0.15, -0.1) is 0 Å². The van der Waals surface area contributed by atoms with Crippen molar-refractivity contribution >= 4 is 17.4 Å². The molecule has 0 aliphatic carbocycles. The van der Waals surface area contributed by atoms with Gasteiger partial charge in [-0.05, 0) is 68.3 Å². The number of nitrogens with zero attached hydrogens (tertiary/aromatic N) is 2. The van der Waals surface area contributed by atoms with Crippen LogP contribution in [0, 0.1) is 0 Å². The van der Waals surface area contributed by atoms with Crippen LogP contribution < -0.4 is 20.7 Å². The SMILES string of the molecule is C[C@@H](Oc1cc(NC(=O)c2cccnc2NCc2ccncc2)cc(C(F)(F)F)c1)C1CCCN1. The lowest BCUT2D eigenvalue weighted by Crippen LogP contribution is -2.36. The second-order valence-corrected chi connectivity index (χ2v) is 8.33. The second-order valence-electron chi connectivity index (χ2n) is 8.33. The second kappa shape index (κ2) is 10.7. The molecule has 35 heavy (non-hydrogen) atoms. The number of carbonyl (C=O) groups excluding carboxylic acids is 1. The Morgan fingerprint density at radius 1 is 1.20 bits per heavy atom. The van der Waals surface area contributed by atoms with Crippen molar-refractivity contribution in [2.75, 3.05) is 17.2 Å².